The highest BCUT2D eigenvalue weighted by atomic mass is 16.5. The van der Waals surface area contributed by atoms with Gasteiger partial charge in [-0.3, -0.25) is 0 Å². The predicted molar refractivity (Wildman–Crippen MR) is 98.0 cm³/mol. The van der Waals surface area contributed by atoms with E-state index in [9.17, 15) is 5.11 Å². The Hall–Kier alpha value is -2.63. The Bertz CT molecular complexity index is 911. The summed E-state index contributed by atoms with van der Waals surface area (Å²) >= 11 is 0. The quantitative estimate of drug-likeness (QED) is 0.668. The smallest absolute Gasteiger partial charge is 0.122 e. The Morgan fingerprint density at radius 1 is 1.16 bits per heavy atom. The molecule has 0 bridgehead atoms. The zero-order valence-electron chi connectivity index (χ0n) is 13.8. The van der Waals surface area contributed by atoms with E-state index in [1.807, 2.05) is 42.5 Å². The minimum atomic E-state index is -0.799. The van der Waals surface area contributed by atoms with Crippen molar-refractivity contribution in [2.24, 2.45) is 0 Å². The molecular formula is C20H20N2O3. The van der Waals surface area contributed by atoms with Crippen LogP contribution in [0, 0.1) is 0 Å². The van der Waals surface area contributed by atoms with Gasteiger partial charge in [-0.25, -0.2) is 4.98 Å². The van der Waals surface area contributed by atoms with E-state index in [0.717, 1.165) is 46.6 Å². The van der Waals surface area contributed by atoms with Gasteiger partial charge in [0.2, 0.25) is 0 Å². The summed E-state index contributed by atoms with van der Waals surface area (Å²) in [5.74, 6) is 0.953. The van der Waals surface area contributed by atoms with E-state index in [1.54, 1.807) is 0 Å². The number of ether oxygens (including phenoxy) is 1. The molecule has 25 heavy (non-hydrogen) atoms. The predicted octanol–water partition coefficient (Wildman–Crippen LogP) is 2.60. The lowest BCUT2D eigenvalue weighted by Crippen LogP contribution is -2.23. The minimum Gasteiger partial charge on any atom is -0.493 e. The lowest BCUT2D eigenvalue weighted by atomic mass is 10.0. The molecular weight excluding hydrogens is 316 g/mol. The second kappa shape index (κ2) is 6.70. The van der Waals surface area contributed by atoms with E-state index in [4.69, 9.17) is 14.8 Å². The van der Waals surface area contributed by atoms with Crippen molar-refractivity contribution in [1.82, 2.24) is 4.98 Å². The molecule has 128 valence electrons. The van der Waals surface area contributed by atoms with Gasteiger partial charge in [-0.1, -0.05) is 18.2 Å². The molecule has 0 fully saturated rings. The standard InChI is InChI=1S/C20H20N2O3/c23-12-15(24)11-21-19-10-18(22-17-4-2-1-3-16(17)19)13-5-6-20-14(9-13)7-8-25-20/h1-6,9-10,15,23-24H,7-8,11-12H2,(H,21,22)/t15-/m0/s1. The first-order chi connectivity index (χ1) is 12.2. The molecule has 3 aromatic rings. The Balaban J connectivity index is 1.76. The summed E-state index contributed by atoms with van der Waals surface area (Å²) in [6.45, 7) is 0.742. The van der Waals surface area contributed by atoms with Crippen molar-refractivity contribution in [3.8, 4) is 17.0 Å². The molecule has 0 amide bonds. The Morgan fingerprint density at radius 2 is 2.04 bits per heavy atom. The Morgan fingerprint density at radius 3 is 2.92 bits per heavy atom. The van der Waals surface area contributed by atoms with Gasteiger partial charge >= 0.3 is 0 Å². The number of aliphatic hydroxyl groups is 2. The molecule has 2 heterocycles. The van der Waals surface area contributed by atoms with Crippen molar-refractivity contribution in [2.45, 2.75) is 12.5 Å². The molecule has 2 aromatic carbocycles. The topological polar surface area (TPSA) is 74.6 Å². The highest BCUT2D eigenvalue weighted by molar-refractivity contribution is 5.93. The summed E-state index contributed by atoms with van der Waals surface area (Å²) in [6, 6.07) is 16.0. The Kier molecular flexibility index (Phi) is 4.26. The molecule has 0 radical (unpaired) electrons. The monoisotopic (exact) mass is 336 g/mol. The number of aromatic nitrogens is 1. The number of anilines is 1. The van der Waals surface area contributed by atoms with Crippen LogP contribution in [0.15, 0.2) is 48.5 Å². The zero-order chi connectivity index (χ0) is 17.2. The number of rotatable bonds is 5. The fourth-order valence-corrected chi connectivity index (χ4v) is 3.11. The molecule has 1 aromatic heterocycles. The zero-order valence-corrected chi connectivity index (χ0v) is 13.8. The van der Waals surface area contributed by atoms with E-state index < -0.39 is 6.10 Å². The molecule has 5 heteroatoms. The average molecular weight is 336 g/mol. The van der Waals surface area contributed by atoms with E-state index in [2.05, 4.69) is 11.4 Å². The van der Waals surface area contributed by atoms with Crippen LogP contribution >= 0.6 is 0 Å². The number of nitrogens with zero attached hydrogens (tertiary/aromatic N) is 1. The molecule has 0 saturated carbocycles. The molecule has 4 rings (SSSR count). The molecule has 1 aliphatic heterocycles. The van der Waals surface area contributed by atoms with Crippen LogP contribution in [0.25, 0.3) is 22.2 Å². The van der Waals surface area contributed by atoms with Crippen LogP contribution in [0.5, 0.6) is 5.75 Å². The summed E-state index contributed by atoms with van der Waals surface area (Å²) in [6.07, 6.45) is 0.123. The molecule has 0 spiro atoms. The van der Waals surface area contributed by atoms with E-state index >= 15 is 0 Å². The number of hydrogen-bond donors (Lipinski definition) is 3. The van der Waals surface area contributed by atoms with Crippen molar-refractivity contribution >= 4 is 16.6 Å². The molecule has 0 saturated heterocycles. The van der Waals surface area contributed by atoms with Crippen molar-refractivity contribution in [1.29, 1.82) is 0 Å². The number of aliphatic hydroxyl groups excluding tert-OH is 2. The first-order valence-corrected chi connectivity index (χ1v) is 8.43. The third-order valence-electron chi connectivity index (χ3n) is 4.44. The van der Waals surface area contributed by atoms with Gasteiger partial charge in [-0.05, 0) is 35.9 Å². The maximum Gasteiger partial charge on any atom is 0.122 e. The summed E-state index contributed by atoms with van der Waals surface area (Å²) in [7, 11) is 0. The normalized spacial score (nSPS) is 14.2. The Labute approximate surface area is 145 Å². The van der Waals surface area contributed by atoms with Gasteiger partial charge in [0.15, 0.2) is 0 Å². The third kappa shape index (κ3) is 3.16. The lowest BCUT2D eigenvalue weighted by molar-refractivity contribution is 0.105. The van der Waals surface area contributed by atoms with Crippen molar-refractivity contribution in [2.75, 3.05) is 25.1 Å². The first-order valence-electron chi connectivity index (χ1n) is 8.43. The summed E-state index contributed by atoms with van der Waals surface area (Å²) in [5.41, 5.74) is 4.90. The van der Waals surface area contributed by atoms with Gasteiger partial charge in [-0.2, -0.15) is 0 Å². The van der Waals surface area contributed by atoms with Crippen LogP contribution in [-0.2, 0) is 6.42 Å². The number of benzene rings is 2. The molecule has 0 unspecified atom stereocenters. The number of fused-ring (bicyclic) bond motifs is 2. The van der Waals surface area contributed by atoms with Gasteiger partial charge in [0.05, 0.1) is 30.5 Å². The van der Waals surface area contributed by atoms with Gasteiger partial charge in [0.25, 0.3) is 0 Å². The van der Waals surface area contributed by atoms with Crippen molar-refractivity contribution in [3.05, 3.63) is 54.1 Å². The lowest BCUT2D eigenvalue weighted by Gasteiger charge is -2.14. The maximum atomic E-state index is 9.64. The van der Waals surface area contributed by atoms with Crippen LogP contribution in [-0.4, -0.2) is 41.1 Å². The van der Waals surface area contributed by atoms with Gasteiger partial charge in [-0.15, -0.1) is 0 Å². The summed E-state index contributed by atoms with van der Waals surface area (Å²) in [4.78, 5) is 4.79. The maximum absolute atomic E-state index is 9.64. The van der Waals surface area contributed by atoms with Crippen LogP contribution in [0.1, 0.15) is 5.56 Å². The van der Waals surface area contributed by atoms with E-state index in [0.29, 0.717) is 0 Å². The van der Waals surface area contributed by atoms with Gasteiger partial charge in [0, 0.05) is 29.6 Å². The van der Waals surface area contributed by atoms with Crippen LogP contribution in [0.2, 0.25) is 0 Å². The SMILES string of the molecule is OC[C@@H](O)CNc1cc(-c2ccc3c(c2)CCO3)nc2ccccc12. The van der Waals surface area contributed by atoms with Crippen LogP contribution in [0.4, 0.5) is 5.69 Å². The largest absolute Gasteiger partial charge is 0.493 e. The van der Waals surface area contributed by atoms with Crippen LogP contribution < -0.4 is 10.1 Å². The van der Waals surface area contributed by atoms with Gasteiger partial charge in [0.1, 0.15) is 5.75 Å². The van der Waals surface area contributed by atoms with Crippen LogP contribution in [0.3, 0.4) is 0 Å². The first kappa shape index (κ1) is 15.9. The molecule has 1 atom stereocenters. The highest BCUT2D eigenvalue weighted by Gasteiger charge is 2.14. The second-order valence-corrected chi connectivity index (χ2v) is 6.21. The fourth-order valence-electron chi connectivity index (χ4n) is 3.11. The molecule has 0 aliphatic carbocycles. The van der Waals surface area contributed by atoms with Crippen molar-refractivity contribution in [3.63, 3.8) is 0 Å². The third-order valence-corrected chi connectivity index (χ3v) is 4.44. The number of nitrogens with one attached hydrogen (secondary N) is 1. The fraction of sp³-hybridized carbons (Fsp3) is 0.250. The molecule has 3 N–H and O–H groups in total. The minimum absolute atomic E-state index is 0.270. The summed E-state index contributed by atoms with van der Waals surface area (Å²) < 4.78 is 5.58. The van der Waals surface area contributed by atoms with E-state index in [-0.39, 0.29) is 13.2 Å². The summed E-state index contributed by atoms with van der Waals surface area (Å²) in [5, 5.41) is 22.9. The van der Waals surface area contributed by atoms with Gasteiger partial charge < -0.3 is 20.3 Å². The second-order valence-electron chi connectivity index (χ2n) is 6.21. The highest BCUT2D eigenvalue weighted by Crippen LogP contribution is 2.32. The van der Waals surface area contributed by atoms with E-state index in [1.165, 1.54) is 5.56 Å². The number of hydrogen-bond acceptors (Lipinski definition) is 5. The average Bonchev–Trinajstić information content (AvgIpc) is 3.13. The number of para-hydroxylation sites is 1. The number of pyridine rings is 1. The molecule has 5 nitrogen and oxygen atoms in total. The molecule has 1 aliphatic rings. The van der Waals surface area contributed by atoms with Crippen molar-refractivity contribution < 1.29 is 14.9 Å².